The summed E-state index contributed by atoms with van der Waals surface area (Å²) < 4.78 is 21.6. The van der Waals surface area contributed by atoms with E-state index in [1.807, 2.05) is 0 Å². The number of non-ortho nitro benzene ring substituents is 1. The molecule has 0 aliphatic heterocycles. The van der Waals surface area contributed by atoms with Crippen molar-refractivity contribution in [2.24, 2.45) is 0 Å². The molecule has 0 aromatic heterocycles. The zero-order chi connectivity index (χ0) is 17.5. The molecule has 0 N–H and O–H groups in total. The lowest BCUT2D eigenvalue weighted by Gasteiger charge is -2.08. The molecule has 0 atom stereocenters. The summed E-state index contributed by atoms with van der Waals surface area (Å²) in [5, 5.41) is 10.5. The number of hydrogen-bond acceptors (Lipinski definition) is 6. The third kappa shape index (κ3) is 10.1. The molecule has 0 heterocycles. The predicted octanol–water partition coefficient (Wildman–Crippen LogP) is 3.21. The Morgan fingerprint density at radius 3 is 1.92 bits per heavy atom. The monoisotopic (exact) mass is 341 g/mol. The highest BCUT2D eigenvalue weighted by Gasteiger charge is 2.04. The summed E-state index contributed by atoms with van der Waals surface area (Å²) in [5.74, 6) is 0.584. The van der Waals surface area contributed by atoms with E-state index in [-0.39, 0.29) is 5.69 Å². The van der Waals surface area contributed by atoms with Gasteiger partial charge < -0.3 is 18.9 Å². The van der Waals surface area contributed by atoms with E-state index < -0.39 is 4.92 Å². The summed E-state index contributed by atoms with van der Waals surface area (Å²) in [6.45, 7) is 6.01. The maximum absolute atomic E-state index is 10.5. The molecular formula is C17H27NO6. The van der Waals surface area contributed by atoms with E-state index in [1.165, 1.54) is 25.0 Å². The second kappa shape index (κ2) is 13.7. The molecule has 0 saturated carbocycles. The quantitative estimate of drug-likeness (QED) is 0.277. The number of nitro benzene ring substituents is 1. The van der Waals surface area contributed by atoms with Crippen LogP contribution in [0, 0.1) is 10.1 Å². The molecule has 0 radical (unpaired) electrons. The van der Waals surface area contributed by atoms with Gasteiger partial charge in [-0.15, -0.1) is 0 Å². The summed E-state index contributed by atoms with van der Waals surface area (Å²) in [7, 11) is 0. The Labute approximate surface area is 143 Å². The SMILES string of the molecule is CCCCCOCCOCCOCCOc1ccc([N+](=O)[O-])cc1. The minimum Gasteiger partial charge on any atom is -0.491 e. The molecule has 7 heteroatoms. The van der Waals surface area contributed by atoms with Gasteiger partial charge in [0.1, 0.15) is 12.4 Å². The summed E-state index contributed by atoms with van der Waals surface area (Å²) in [6.07, 6.45) is 3.51. The highest BCUT2D eigenvalue weighted by atomic mass is 16.6. The average Bonchev–Trinajstić information content (AvgIpc) is 2.59. The van der Waals surface area contributed by atoms with Crippen LogP contribution in [-0.2, 0) is 14.2 Å². The topological polar surface area (TPSA) is 80.1 Å². The van der Waals surface area contributed by atoms with Crippen LogP contribution in [0.15, 0.2) is 24.3 Å². The van der Waals surface area contributed by atoms with Gasteiger partial charge in [-0.3, -0.25) is 10.1 Å². The molecule has 7 nitrogen and oxygen atoms in total. The number of nitro groups is 1. The van der Waals surface area contributed by atoms with Crippen molar-refractivity contribution in [3.63, 3.8) is 0 Å². The first-order chi connectivity index (χ1) is 11.7. The van der Waals surface area contributed by atoms with Gasteiger partial charge in [0.15, 0.2) is 0 Å². The number of rotatable bonds is 15. The van der Waals surface area contributed by atoms with E-state index in [0.717, 1.165) is 13.0 Å². The lowest BCUT2D eigenvalue weighted by atomic mass is 10.3. The van der Waals surface area contributed by atoms with Gasteiger partial charge in [0.25, 0.3) is 5.69 Å². The van der Waals surface area contributed by atoms with E-state index in [0.29, 0.717) is 45.4 Å². The van der Waals surface area contributed by atoms with Gasteiger partial charge in [-0.1, -0.05) is 19.8 Å². The van der Waals surface area contributed by atoms with Gasteiger partial charge >= 0.3 is 0 Å². The molecule has 0 bridgehead atoms. The average molecular weight is 341 g/mol. The number of benzene rings is 1. The van der Waals surface area contributed by atoms with Crippen molar-refractivity contribution >= 4 is 5.69 Å². The normalized spacial score (nSPS) is 10.7. The van der Waals surface area contributed by atoms with Crippen LogP contribution in [0.1, 0.15) is 26.2 Å². The molecule has 0 unspecified atom stereocenters. The number of hydrogen-bond donors (Lipinski definition) is 0. The first-order valence-electron chi connectivity index (χ1n) is 8.34. The first-order valence-corrected chi connectivity index (χ1v) is 8.34. The second-order valence-electron chi connectivity index (χ2n) is 5.14. The first kappa shape index (κ1) is 20.3. The Balaban J connectivity index is 1.87. The van der Waals surface area contributed by atoms with Gasteiger partial charge in [0.05, 0.1) is 38.0 Å². The van der Waals surface area contributed by atoms with E-state index in [2.05, 4.69) is 6.92 Å². The maximum Gasteiger partial charge on any atom is 0.269 e. The summed E-state index contributed by atoms with van der Waals surface area (Å²) >= 11 is 0. The molecule has 136 valence electrons. The van der Waals surface area contributed by atoms with Crippen LogP contribution >= 0.6 is 0 Å². The smallest absolute Gasteiger partial charge is 0.269 e. The molecule has 1 aromatic rings. The van der Waals surface area contributed by atoms with Gasteiger partial charge in [-0.2, -0.15) is 0 Å². The van der Waals surface area contributed by atoms with Gasteiger partial charge in [0.2, 0.25) is 0 Å². The Hall–Kier alpha value is -1.70. The van der Waals surface area contributed by atoms with Crippen molar-refractivity contribution in [1.29, 1.82) is 0 Å². The van der Waals surface area contributed by atoms with Crippen LogP contribution < -0.4 is 4.74 Å². The fourth-order valence-electron chi connectivity index (χ4n) is 1.88. The molecule has 0 amide bonds. The van der Waals surface area contributed by atoms with E-state index in [4.69, 9.17) is 18.9 Å². The zero-order valence-corrected chi connectivity index (χ0v) is 14.3. The molecule has 24 heavy (non-hydrogen) atoms. The highest BCUT2D eigenvalue weighted by Crippen LogP contribution is 2.16. The van der Waals surface area contributed by atoms with Crippen molar-refractivity contribution in [3.05, 3.63) is 34.4 Å². The van der Waals surface area contributed by atoms with Crippen LogP contribution in [0.5, 0.6) is 5.75 Å². The minimum atomic E-state index is -0.441. The number of unbranched alkanes of at least 4 members (excludes halogenated alkanes) is 2. The fraction of sp³-hybridized carbons (Fsp3) is 0.647. The molecule has 0 aliphatic carbocycles. The van der Waals surface area contributed by atoms with Crippen LogP contribution in [0.25, 0.3) is 0 Å². The largest absolute Gasteiger partial charge is 0.491 e. The third-order valence-electron chi connectivity index (χ3n) is 3.18. The third-order valence-corrected chi connectivity index (χ3v) is 3.18. The van der Waals surface area contributed by atoms with Crippen LogP contribution in [0.2, 0.25) is 0 Å². The lowest BCUT2D eigenvalue weighted by molar-refractivity contribution is -0.384. The van der Waals surface area contributed by atoms with Crippen LogP contribution in [-0.4, -0.2) is 51.2 Å². The summed E-state index contributed by atoms with van der Waals surface area (Å²) in [4.78, 5) is 10.1. The molecule has 0 aliphatic rings. The maximum atomic E-state index is 10.5. The van der Waals surface area contributed by atoms with Crippen molar-refractivity contribution in [3.8, 4) is 5.75 Å². The molecular weight excluding hydrogens is 314 g/mol. The molecule has 0 fully saturated rings. The second-order valence-corrected chi connectivity index (χ2v) is 5.14. The molecule has 0 saturated heterocycles. The van der Waals surface area contributed by atoms with E-state index in [1.54, 1.807) is 12.1 Å². The van der Waals surface area contributed by atoms with Crippen molar-refractivity contribution in [1.82, 2.24) is 0 Å². The Morgan fingerprint density at radius 2 is 1.38 bits per heavy atom. The highest BCUT2D eigenvalue weighted by molar-refractivity contribution is 5.35. The van der Waals surface area contributed by atoms with E-state index >= 15 is 0 Å². The van der Waals surface area contributed by atoms with Crippen LogP contribution in [0.4, 0.5) is 5.69 Å². The zero-order valence-electron chi connectivity index (χ0n) is 14.3. The summed E-state index contributed by atoms with van der Waals surface area (Å²) in [6, 6.07) is 5.96. The predicted molar refractivity (Wildman–Crippen MR) is 90.6 cm³/mol. The summed E-state index contributed by atoms with van der Waals surface area (Å²) in [5.41, 5.74) is 0.0464. The van der Waals surface area contributed by atoms with Gasteiger partial charge in [-0.05, 0) is 18.6 Å². The molecule has 1 aromatic carbocycles. The van der Waals surface area contributed by atoms with Crippen molar-refractivity contribution in [2.45, 2.75) is 26.2 Å². The molecule has 1 rings (SSSR count). The van der Waals surface area contributed by atoms with Crippen molar-refractivity contribution < 1.29 is 23.9 Å². The van der Waals surface area contributed by atoms with E-state index in [9.17, 15) is 10.1 Å². The number of ether oxygens (including phenoxy) is 4. The van der Waals surface area contributed by atoms with Crippen molar-refractivity contribution in [2.75, 3.05) is 46.2 Å². The number of nitrogens with zero attached hydrogens (tertiary/aromatic N) is 1. The lowest BCUT2D eigenvalue weighted by Crippen LogP contribution is -2.13. The Kier molecular flexibility index (Phi) is 11.6. The van der Waals surface area contributed by atoms with Gasteiger partial charge in [-0.25, -0.2) is 0 Å². The Morgan fingerprint density at radius 1 is 0.833 bits per heavy atom. The fourth-order valence-corrected chi connectivity index (χ4v) is 1.88. The van der Waals surface area contributed by atoms with Crippen LogP contribution in [0.3, 0.4) is 0 Å². The standard InChI is InChI=1S/C17H27NO6/c1-2-3-4-9-21-10-11-22-12-13-23-14-15-24-17-7-5-16(6-8-17)18(19)20/h5-8H,2-4,9-15H2,1H3. The van der Waals surface area contributed by atoms with Gasteiger partial charge in [0, 0.05) is 18.7 Å². The molecule has 0 spiro atoms. The minimum absolute atomic E-state index is 0.0464. The Bertz CT molecular complexity index is 437.